The molecule has 2 aromatic carbocycles. The lowest BCUT2D eigenvalue weighted by Crippen LogP contribution is -2.49. The molecule has 186 valence electrons. The van der Waals surface area contributed by atoms with E-state index < -0.39 is 0 Å². The van der Waals surface area contributed by atoms with Gasteiger partial charge in [0.1, 0.15) is 11.8 Å². The van der Waals surface area contributed by atoms with Crippen LogP contribution in [0.1, 0.15) is 60.9 Å². The van der Waals surface area contributed by atoms with E-state index >= 15 is 0 Å². The Morgan fingerprint density at radius 2 is 1.91 bits per heavy atom. The van der Waals surface area contributed by atoms with E-state index in [1.165, 1.54) is 0 Å². The number of benzene rings is 2. The van der Waals surface area contributed by atoms with E-state index in [-0.39, 0.29) is 30.5 Å². The molecular formula is C28H35N3O4. The topological polar surface area (TPSA) is 71.4 Å². The van der Waals surface area contributed by atoms with Gasteiger partial charge in [-0.15, -0.1) is 0 Å². The molecule has 2 aliphatic heterocycles. The number of ether oxygens (including phenoxy) is 2. The van der Waals surface area contributed by atoms with Gasteiger partial charge in [0, 0.05) is 17.5 Å². The first-order valence-corrected chi connectivity index (χ1v) is 12.4. The molecule has 0 aromatic heterocycles. The standard InChI is InChI=1S/C28H35N3O4/c1-5-35-28(33)24-11-8-9-15-30(24)18-27(32)31-25(21-10-6-7-12-26(21)34-4)17-23(29-31)22-16-19(2)13-14-20(22)3/h6-7,10,12-14,16,24-25H,5,8-9,11,15,17-18H2,1-4H3/t24-,25+/m1/s1. The lowest BCUT2D eigenvalue weighted by atomic mass is 9.94. The number of esters is 1. The maximum Gasteiger partial charge on any atom is 0.323 e. The Bertz CT molecular complexity index is 1110. The number of hydrogen-bond donors (Lipinski definition) is 0. The number of piperidine rings is 1. The average Bonchev–Trinajstić information content (AvgIpc) is 3.31. The molecule has 1 amide bonds. The zero-order valence-corrected chi connectivity index (χ0v) is 21.1. The van der Waals surface area contributed by atoms with Crippen molar-refractivity contribution in [1.82, 2.24) is 9.91 Å². The van der Waals surface area contributed by atoms with Gasteiger partial charge in [0.2, 0.25) is 0 Å². The van der Waals surface area contributed by atoms with Crippen molar-refractivity contribution >= 4 is 17.6 Å². The van der Waals surface area contributed by atoms with Gasteiger partial charge in [-0.05, 0) is 57.9 Å². The maximum absolute atomic E-state index is 13.7. The molecule has 0 aliphatic carbocycles. The monoisotopic (exact) mass is 477 g/mol. The van der Waals surface area contributed by atoms with E-state index in [1.54, 1.807) is 12.1 Å². The van der Waals surface area contributed by atoms with Crippen LogP contribution in [-0.2, 0) is 14.3 Å². The largest absolute Gasteiger partial charge is 0.496 e. The molecular weight excluding hydrogens is 442 g/mol. The summed E-state index contributed by atoms with van der Waals surface area (Å²) >= 11 is 0. The van der Waals surface area contributed by atoms with Crippen LogP contribution in [0.5, 0.6) is 5.75 Å². The van der Waals surface area contributed by atoms with E-state index in [0.29, 0.717) is 26.0 Å². The first-order valence-electron chi connectivity index (χ1n) is 12.4. The first-order chi connectivity index (χ1) is 16.9. The number of hydrogen-bond acceptors (Lipinski definition) is 6. The number of para-hydroxylation sites is 1. The van der Waals surface area contributed by atoms with Gasteiger partial charge in [0.05, 0.1) is 32.0 Å². The zero-order chi connectivity index (χ0) is 24.9. The SMILES string of the molecule is CCOC(=O)[C@H]1CCCCN1CC(=O)N1N=C(c2cc(C)ccc2C)C[C@H]1c1ccccc1OC. The summed E-state index contributed by atoms with van der Waals surface area (Å²) in [5, 5.41) is 6.47. The van der Waals surface area contributed by atoms with Crippen molar-refractivity contribution in [1.29, 1.82) is 0 Å². The fourth-order valence-corrected chi connectivity index (χ4v) is 5.07. The van der Waals surface area contributed by atoms with Gasteiger partial charge in [-0.3, -0.25) is 14.5 Å². The van der Waals surface area contributed by atoms with Crippen LogP contribution in [0.15, 0.2) is 47.6 Å². The summed E-state index contributed by atoms with van der Waals surface area (Å²) in [7, 11) is 1.64. The van der Waals surface area contributed by atoms with Crippen molar-refractivity contribution < 1.29 is 19.1 Å². The molecule has 0 unspecified atom stereocenters. The number of likely N-dealkylation sites (tertiary alicyclic amines) is 1. The van der Waals surface area contributed by atoms with Gasteiger partial charge < -0.3 is 9.47 Å². The van der Waals surface area contributed by atoms with E-state index in [9.17, 15) is 9.59 Å². The summed E-state index contributed by atoms with van der Waals surface area (Å²) < 4.78 is 10.9. The summed E-state index contributed by atoms with van der Waals surface area (Å²) in [4.78, 5) is 28.2. The van der Waals surface area contributed by atoms with E-state index in [0.717, 1.165) is 46.6 Å². The number of carbonyl (C=O) groups is 2. The Labute approximate surface area is 207 Å². The Morgan fingerprint density at radius 1 is 1.11 bits per heavy atom. The van der Waals surface area contributed by atoms with Crippen LogP contribution < -0.4 is 4.74 Å². The van der Waals surface area contributed by atoms with Gasteiger partial charge in [0.15, 0.2) is 0 Å². The van der Waals surface area contributed by atoms with Crippen molar-refractivity contribution in [2.75, 3.05) is 26.8 Å². The molecule has 1 fully saturated rings. The molecule has 1 saturated heterocycles. The van der Waals surface area contributed by atoms with Gasteiger partial charge in [0.25, 0.3) is 5.91 Å². The van der Waals surface area contributed by atoms with Crippen LogP contribution in [0.4, 0.5) is 0 Å². The predicted molar refractivity (Wildman–Crippen MR) is 135 cm³/mol. The number of carbonyl (C=O) groups excluding carboxylic acids is 2. The van der Waals surface area contributed by atoms with E-state index in [1.807, 2.05) is 36.1 Å². The molecule has 0 bridgehead atoms. The Morgan fingerprint density at radius 3 is 2.69 bits per heavy atom. The second kappa shape index (κ2) is 11.0. The van der Waals surface area contributed by atoms with E-state index in [4.69, 9.17) is 14.6 Å². The maximum atomic E-state index is 13.7. The summed E-state index contributed by atoms with van der Waals surface area (Å²) in [5.74, 6) is 0.356. The van der Waals surface area contributed by atoms with Crippen LogP contribution in [-0.4, -0.2) is 60.3 Å². The second-order valence-electron chi connectivity index (χ2n) is 9.30. The number of amides is 1. The van der Waals surface area contributed by atoms with Crippen molar-refractivity contribution in [2.24, 2.45) is 5.10 Å². The molecule has 0 saturated carbocycles. The van der Waals surface area contributed by atoms with Crippen molar-refractivity contribution in [3.8, 4) is 5.75 Å². The molecule has 7 nitrogen and oxygen atoms in total. The number of hydrazone groups is 1. The number of aryl methyl sites for hydroxylation is 2. The van der Waals surface area contributed by atoms with Crippen LogP contribution in [0, 0.1) is 13.8 Å². The van der Waals surface area contributed by atoms with Crippen LogP contribution >= 0.6 is 0 Å². The molecule has 0 N–H and O–H groups in total. The fraction of sp³-hybridized carbons (Fsp3) is 0.464. The highest BCUT2D eigenvalue weighted by Gasteiger charge is 2.38. The first kappa shape index (κ1) is 24.9. The highest BCUT2D eigenvalue weighted by Crippen LogP contribution is 2.38. The van der Waals surface area contributed by atoms with Gasteiger partial charge in [-0.25, -0.2) is 5.01 Å². The highest BCUT2D eigenvalue weighted by molar-refractivity contribution is 6.04. The Balaban J connectivity index is 1.66. The van der Waals surface area contributed by atoms with Crippen molar-refractivity contribution in [2.45, 2.75) is 58.5 Å². The quantitative estimate of drug-likeness (QED) is 0.553. The third-order valence-corrected chi connectivity index (χ3v) is 6.88. The summed E-state index contributed by atoms with van der Waals surface area (Å²) in [5.41, 5.74) is 5.14. The Kier molecular flexibility index (Phi) is 7.86. The minimum atomic E-state index is -0.387. The molecule has 2 aromatic rings. The third-order valence-electron chi connectivity index (χ3n) is 6.88. The van der Waals surface area contributed by atoms with Crippen LogP contribution in [0.25, 0.3) is 0 Å². The molecule has 0 radical (unpaired) electrons. The minimum Gasteiger partial charge on any atom is -0.496 e. The second-order valence-corrected chi connectivity index (χ2v) is 9.30. The highest BCUT2D eigenvalue weighted by atomic mass is 16.5. The fourth-order valence-electron chi connectivity index (χ4n) is 5.07. The van der Waals surface area contributed by atoms with Gasteiger partial charge in [-0.1, -0.05) is 42.3 Å². The summed E-state index contributed by atoms with van der Waals surface area (Å²) in [6.45, 7) is 7.08. The average molecular weight is 478 g/mol. The molecule has 4 rings (SSSR count). The third kappa shape index (κ3) is 5.40. The number of rotatable bonds is 7. The smallest absolute Gasteiger partial charge is 0.323 e. The zero-order valence-electron chi connectivity index (χ0n) is 21.1. The van der Waals surface area contributed by atoms with Gasteiger partial charge in [-0.2, -0.15) is 5.10 Å². The number of methoxy groups -OCH3 is 1. The normalized spacial score (nSPS) is 20.5. The lowest BCUT2D eigenvalue weighted by Gasteiger charge is -2.34. The van der Waals surface area contributed by atoms with Crippen LogP contribution in [0.2, 0.25) is 0 Å². The predicted octanol–water partition coefficient (Wildman–Crippen LogP) is 4.41. The molecule has 2 heterocycles. The summed E-state index contributed by atoms with van der Waals surface area (Å²) in [6.07, 6.45) is 3.21. The van der Waals surface area contributed by atoms with E-state index in [2.05, 4.69) is 32.0 Å². The van der Waals surface area contributed by atoms with Crippen LogP contribution in [0.3, 0.4) is 0 Å². The molecule has 7 heteroatoms. The molecule has 2 aliphatic rings. The number of nitrogens with zero attached hydrogens (tertiary/aromatic N) is 3. The van der Waals surface area contributed by atoms with Crippen molar-refractivity contribution in [3.63, 3.8) is 0 Å². The van der Waals surface area contributed by atoms with Crippen molar-refractivity contribution in [3.05, 3.63) is 64.7 Å². The molecule has 0 spiro atoms. The molecule has 2 atom stereocenters. The minimum absolute atomic E-state index is 0.124. The molecule has 35 heavy (non-hydrogen) atoms. The Hall–Kier alpha value is -3.19. The lowest BCUT2D eigenvalue weighted by molar-refractivity contribution is -0.152. The summed E-state index contributed by atoms with van der Waals surface area (Å²) in [6, 6.07) is 13.4. The van der Waals surface area contributed by atoms with Gasteiger partial charge >= 0.3 is 5.97 Å².